The molecule has 2 aromatic carbocycles. The van der Waals surface area contributed by atoms with Gasteiger partial charge in [0.25, 0.3) is 5.91 Å². The first-order valence-electron chi connectivity index (χ1n) is 8.02. The maximum absolute atomic E-state index is 12.5. The normalized spacial score (nSPS) is 11.9. The second kappa shape index (κ2) is 7.71. The molecule has 3 nitrogen and oxygen atoms in total. The van der Waals surface area contributed by atoms with Gasteiger partial charge in [0.15, 0.2) is 6.10 Å². The monoisotopic (exact) mass is 345 g/mol. The summed E-state index contributed by atoms with van der Waals surface area (Å²) >= 11 is 6.17. The molecule has 2 aromatic rings. The lowest BCUT2D eigenvalue weighted by molar-refractivity contribution is -0.137. The molecule has 0 heterocycles. The molecule has 24 heavy (non-hydrogen) atoms. The Morgan fingerprint density at radius 3 is 2.21 bits per heavy atom. The van der Waals surface area contributed by atoms with Gasteiger partial charge in [-0.25, -0.2) is 0 Å². The van der Waals surface area contributed by atoms with Gasteiger partial charge in [0.05, 0.1) is 0 Å². The van der Waals surface area contributed by atoms with Crippen LogP contribution in [-0.4, -0.2) is 24.0 Å². The molecule has 0 radical (unpaired) electrons. The molecule has 0 aliphatic heterocycles. The maximum atomic E-state index is 12.5. The largest absolute Gasteiger partial charge is 0.481 e. The Balaban J connectivity index is 2.02. The molecule has 1 atom stereocenters. The Hall–Kier alpha value is -2.00. The summed E-state index contributed by atoms with van der Waals surface area (Å²) in [6.07, 6.45) is -0.555. The minimum Gasteiger partial charge on any atom is -0.481 e. The van der Waals surface area contributed by atoms with Crippen molar-refractivity contribution in [2.75, 3.05) is 7.05 Å². The number of aryl methyl sites for hydroxylation is 3. The molecule has 0 saturated heterocycles. The fraction of sp³-hybridized carbons (Fsp3) is 0.350. The quantitative estimate of drug-likeness (QED) is 0.786. The molecule has 0 N–H and O–H groups in total. The van der Waals surface area contributed by atoms with Crippen LogP contribution in [0.2, 0.25) is 5.02 Å². The summed E-state index contributed by atoms with van der Waals surface area (Å²) in [4.78, 5) is 14.2. The van der Waals surface area contributed by atoms with Crippen molar-refractivity contribution < 1.29 is 9.53 Å². The number of carbonyl (C=O) groups is 1. The van der Waals surface area contributed by atoms with Crippen molar-refractivity contribution in [3.8, 4) is 5.75 Å². The fourth-order valence-corrected chi connectivity index (χ4v) is 2.69. The molecular formula is C20H24ClNO2. The molecule has 0 spiro atoms. The predicted octanol–water partition coefficient (Wildman–Crippen LogP) is 4.69. The number of benzene rings is 2. The van der Waals surface area contributed by atoms with Crippen LogP contribution in [0, 0.1) is 20.8 Å². The van der Waals surface area contributed by atoms with Gasteiger partial charge < -0.3 is 9.64 Å². The number of likely N-dealkylation sites (N-methyl/N-ethyl adjacent to an activating group) is 1. The van der Waals surface area contributed by atoms with E-state index in [9.17, 15) is 4.79 Å². The third-order valence-electron chi connectivity index (χ3n) is 3.99. The molecular weight excluding hydrogens is 322 g/mol. The molecule has 128 valence electrons. The number of hydrogen-bond acceptors (Lipinski definition) is 2. The number of hydrogen-bond donors (Lipinski definition) is 0. The molecule has 0 bridgehead atoms. The smallest absolute Gasteiger partial charge is 0.263 e. The molecule has 0 unspecified atom stereocenters. The summed E-state index contributed by atoms with van der Waals surface area (Å²) in [6.45, 7) is 8.24. The van der Waals surface area contributed by atoms with Crippen LogP contribution < -0.4 is 4.74 Å². The summed E-state index contributed by atoms with van der Waals surface area (Å²) < 4.78 is 5.82. The lowest BCUT2D eigenvalue weighted by Crippen LogP contribution is -2.37. The van der Waals surface area contributed by atoms with Gasteiger partial charge in [0.2, 0.25) is 0 Å². The molecule has 0 fully saturated rings. The highest BCUT2D eigenvalue weighted by Gasteiger charge is 2.20. The number of nitrogens with zero attached hydrogens (tertiary/aromatic N) is 1. The van der Waals surface area contributed by atoms with E-state index in [1.165, 1.54) is 5.56 Å². The van der Waals surface area contributed by atoms with Gasteiger partial charge in [-0.15, -0.1) is 0 Å². The summed E-state index contributed by atoms with van der Waals surface area (Å²) in [5, 5.41) is 0.734. The minimum absolute atomic E-state index is 0.0548. The fourth-order valence-electron chi connectivity index (χ4n) is 2.58. The molecule has 0 saturated carbocycles. The lowest BCUT2D eigenvalue weighted by atomic mass is 10.1. The Morgan fingerprint density at radius 1 is 1.12 bits per heavy atom. The average molecular weight is 346 g/mol. The van der Waals surface area contributed by atoms with Gasteiger partial charge in [-0.2, -0.15) is 0 Å². The van der Waals surface area contributed by atoms with Crippen LogP contribution in [0.1, 0.15) is 29.2 Å². The molecule has 1 amide bonds. The van der Waals surface area contributed by atoms with E-state index in [0.29, 0.717) is 12.3 Å². The number of rotatable bonds is 5. The predicted molar refractivity (Wildman–Crippen MR) is 98.7 cm³/mol. The van der Waals surface area contributed by atoms with Gasteiger partial charge in [0, 0.05) is 18.6 Å². The van der Waals surface area contributed by atoms with Crippen LogP contribution in [0.3, 0.4) is 0 Å². The zero-order valence-corrected chi connectivity index (χ0v) is 15.6. The maximum Gasteiger partial charge on any atom is 0.263 e. The first-order chi connectivity index (χ1) is 11.3. The molecule has 2 rings (SSSR count). The van der Waals surface area contributed by atoms with Crippen molar-refractivity contribution in [3.05, 3.63) is 63.7 Å². The van der Waals surface area contributed by atoms with Crippen molar-refractivity contribution in [3.63, 3.8) is 0 Å². The third-order valence-corrected chi connectivity index (χ3v) is 4.58. The lowest BCUT2D eigenvalue weighted by Gasteiger charge is -2.23. The zero-order chi connectivity index (χ0) is 17.9. The summed E-state index contributed by atoms with van der Waals surface area (Å²) in [6, 6.07) is 11.9. The average Bonchev–Trinajstić information content (AvgIpc) is 2.53. The van der Waals surface area contributed by atoms with E-state index >= 15 is 0 Å². The number of ether oxygens (including phenoxy) is 1. The van der Waals surface area contributed by atoms with Gasteiger partial charge in [-0.05, 0) is 56.5 Å². The molecule has 0 aliphatic carbocycles. The van der Waals surface area contributed by atoms with Crippen LogP contribution in [0.15, 0.2) is 36.4 Å². The van der Waals surface area contributed by atoms with E-state index in [1.54, 1.807) is 18.9 Å². The highest BCUT2D eigenvalue weighted by atomic mass is 35.5. The van der Waals surface area contributed by atoms with Crippen LogP contribution in [0.5, 0.6) is 5.75 Å². The summed E-state index contributed by atoms with van der Waals surface area (Å²) in [5.74, 6) is 0.611. The second-order valence-electron chi connectivity index (χ2n) is 6.31. The standard InChI is InChI=1S/C20H24ClNO2/c1-13-6-8-17(9-7-13)12-22(5)20(23)16(4)24-18-10-14(2)19(21)15(3)11-18/h6-11,16H,12H2,1-5H3/t16-/m0/s1. The van der Waals surface area contributed by atoms with Crippen molar-refractivity contribution in [2.45, 2.75) is 40.3 Å². The molecule has 4 heteroatoms. The van der Waals surface area contributed by atoms with E-state index in [1.807, 2.05) is 57.2 Å². The Kier molecular flexibility index (Phi) is 5.89. The summed E-state index contributed by atoms with van der Waals surface area (Å²) in [7, 11) is 1.79. The SMILES string of the molecule is Cc1ccc(CN(C)C(=O)[C@H](C)Oc2cc(C)c(Cl)c(C)c2)cc1. The van der Waals surface area contributed by atoms with Crippen molar-refractivity contribution >= 4 is 17.5 Å². The van der Waals surface area contributed by atoms with Crippen LogP contribution in [0.4, 0.5) is 0 Å². The van der Waals surface area contributed by atoms with E-state index in [4.69, 9.17) is 16.3 Å². The van der Waals surface area contributed by atoms with Crippen molar-refractivity contribution in [1.82, 2.24) is 4.90 Å². The van der Waals surface area contributed by atoms with Crippen molar-refractivity contribution in [1.29, 1.82) is 0 Å². The van der Waals surface area contributed by atoms with Crippen LogP contribution in [0.25, 0.3) is 0 Å². The topological polar surface area (TPSA) is 29.5 Å². The first-order valence-corrected chi connectivity index (χ1v) is 8.39. The highest BCUT2D eigenvalue weighted by Crippen LogP contribution is 2.26. The van der Waals surface area contributed by atoms with Gasteiger partial charge in [-0.1, -0.05) is 41.4 Å². The molecule has 0 aliphatic rings. The van der Waals surface area contributed by atoms with Gasteiger partial charge >= 0.3 is 0 Å². The Bertz CT molecular complexity index is 702. The van der Waals surface area contributed by atoms with Gasteiger partial charge in [-0.3, -0.25) is 4.79 Å². The Morgan fingerprint density at radius 2 is 1.67 bits per heavy atom. The zero-order valence-electron chi connectivity index (χ0n) is 14.9. The van der Waals surface area contributed by atoms with Crippen LogP contribution in [-0.2, 0) is 11.3 Å². The number of amides is 1. The summed E-state index contributed by atoms with van der Waals surface area (Å²) in [5.41, 5.74) is 4.19. The number of halogens is 1. The van der Waals surface area contributed by atoms with E-state index in [2.05, 4.69) is 0 Å². The highest BCUT2D eigenvalue weighted by molar-refractivity contribution is 6.32. The van der Waals surface area contributed by atoms with E-state index in [-0.39, 0.29) is 5.91 Å². The molecule has 0 aromatic heterocycles. The van der Waals surface area contributed by atoms with E-state index < -0.39 is 6.10 Å². The second-order valence-corrected chi connectivity index (χ2v) is 6.69. The van der Waals surface area contributed by atoms with E-state index in [0.717, 1.165) is 21.7 Å². The van der Waals surface area contributed by atoms with Gasteiger partial charge in [0.1, 0.15) is 5.75 Å². The first kappa shape index (κ1) is 18.3. The minimum atomic E-state index is -0.555. The van der Waals surface area contributed by atoms with Crippen molar-refractivity contribution in [2.24, 2.45) is 0 Å². The third kappa shape index (κ3) is 4.51. The number of carbonyl (C=O) groups excluding carboxylic acids is 1. The Labute approximate surface area is 149 Å². The van der Waals surface area contributed by atoms with Crippen LogP contribution >= 0.6 is 11.6 Å².